The Balaban J connectivity index is 1.61. The molecule has 0 aromatic carbocycles. The number of likely N-dealkylation sites (N-methyl/N-ethyl adjacent to an activating group) is 1. The summed E-state index contributed by atoms with van der Waals surface area (Å²) in [5, 5.41) is 3.55. The van der Waals surface area contributed by atoms with Gasteiger partial charge in [0.1, 0.15) is 5.82 Å². The van der Waals surface area contributed by atoms with E-state index in [9.17, 15) is 0 Å². The Morgan fingerprint density at radius 3 is 2.68 bits per heavy atom. The zero-order valence-electron chi connectivity index (χ0n) is 13.4. The van der Waals surface area contributed by atoms with Crippen LogP contribution in [0.4, 0.5) is 5.82 Å². The van der Waals surface area contributed by atoms with Gasteiger partial charge in [0, 0.05) is 60.8 Å². The first kappa shape index (κ1) is 15.5. The first-order chi connectivity index (χ1) is 10.7. The number of aromatic nitrogens is 1. The summed E-state index contributed by atoms with van der Waals surface area (Å²) >= 11 is 1.86. The fourth-order valence-electron chi connectivity index (χ4n) is 2.77. The third kappa shape index (κ3) is 3.85. The first-order valence-corrected chi connectivity index (χ1v) is 8.67. The highest BCUT2D eigenvalue weighted by molar-refractivity contribution is 7.11. The van der Waals surface area contributed by atoms with E-state index in [0.717, 1.165) is 45.1 Å². The zero-order valence-corrected chi connectivity index (χ0v) is 14.2. The molecule has 0 aliphatic carbocycles. The molecular weight excluding hydrogens is 292 g/mol. The van der Waals surface area contributed by atoms with Crippen molar-refractivity contribution in [1.29, 1.82) is 0 Å². The van der Waals surface area contributed by atoms with Gasteiger partial charge in [-0.25, -0.2) is 4.98 Å². The van der Waals surface area contributed by atoms with Crippen molar-refractivity contribution < 1.29 is 0 Å². The molecule has 1 N–H and O–H groups in total. The van der Waals surface area contributed by atoms with Gasteiger partial charge in [0.05, 0.1) is 0 Å². The maximum Gasteiger partial charge on any atom is 0.133 e. The normalized spacial score (nSPS) is 16.2. The van der Waals surface area contributed by atoms with Crippen molar-refractivity contribution in [2.75, 3.05) is 38.1 Å². The van der Waals surface area contributed by atoms with Crippen LogP contribution in [0.3, 0.4) is 0 Å². The second kappa shape index (κ2) is 7.22. The second-order valence-corrected chi connectivity index (χ2v) is 7.26. The SMILES string of the molecule is Cc1ccc(CNCc2cccnc2N2CCN(C)CC2)s1. The number of rotatable bonds is 5. The van der Waals surface area contributed by atoms with Gasteiger partial charge >= 0.3 is 0 Å². The molecule has 0 unspecified atom stereocenters. The molecule has 0 atom stereocenters. The van der Waals surface area contributed by atoms with Crippen LogP contribution in [-0.4, -0.2) is 43.1 Å². The Morgan fingerprint density at radius 1 is 1.14 bits per heavy atom. The number of pyridine rings is 1. The molecule has 0 radical (unpaired) electrons. The fraction of sp³-hybridized carbons (Fsp3) is 0.471. The Hall–Kier alpha value is -1.43. The average Bonchev–Trinajstić information content (AvgIpc) is 2.94. The minimum absolute atomic E-state index is 0.868. The van der Waals surface area contributed by atoms with Gasteiger partial charge in [-0.2, -0.15) is 0 Å². The number of aryl methyl sites for hydroxylation is 1. The Bertz CT molecular complexity index is 602. The van der Waals surface area contributed by atoms with Gasteiger partial charge in [-0.3, -0.25) is 0 Å². The Kier molecular flexibility index (Phi) is 5.08. The van der Waals surface area contributed by atoms with Crippen LogP contribution < -0.4 is 10.2 Å². The van der Waals surface area contributed by atoms with Crippen LogP contribution >= 0.6 is 11.3 Å². The van der Waals surface area contributed by atoms with E-state index in [1.54, 1.807) is 0 Å². The highest BCUT2D eigenvalue weighted by Crippen LogP contribution is 2.19. The molecule has 2 aromatic rings. The third-order valence-corrected chi connectivity index (χ3v) is 5.08. The summed E-state index contributed by atoms with van der Waals surface area (Å²) in [5.41, 5.74) is 1.29. The summed E-state index contributed by atoms with van der Waals surface area (Å²) in [6.07, 6.45) is 1.90. The summed E-state index contributed by atoms with van der Waals surface area (Å²) < 4.78 is 0. The summed E-state index contributed by atoms with van der Waals surface area (Å²) in [5.74, 6) is 1.14. The van der Waals surface area contributed by atoms with Gasteiger partial charge in [0.25, 0.3) is 0 Å². The number of nitrogens with zero attached hydrogens (tertiary/aromatic N) is 3. The van der Waals surface area contributed by atoms with E-state index in [4.69, 9.17) is 0 Å². The van der Waals surface area contributed by atoms with Gasteiger partial charge in [0.2, 0.25) is 0 Å². The summed E-state index contributed by atoms with van der Waals surface area (Å²) in [6.45, 7) is 8.29. The summed E-state index contributed by atoms with van der Waals surface area (Å²) in [6, 6.07) is 8.61. The lowest BCUT2D eigenvalue weighted by Gasteiger charge is -2.34. The van der Waals surface area contributed by atoms with E-state index in [1.165, 1.54) is 15.3 Å². The van der Waals surface area contributed by atoms with Crippen molar-refractivity contribution in [3.63, 3.8) is 0 Å². The average molecular weight is 316 g/mol. The van der Waals surface area contributed by atoms with Crippen molar-refractivity contribution in [2.24, 2.45) is 0 Å². The third-order valence-electron chi connectivity index (χ3n) is 4.08. The lowest BCUT2D eigenvalue weighted by Crippen LogP contribution is -2.45. The number of nitrogens with one attached hydrogen (secondary N) is 1. The molecule has 3 rings (SSSR count). The summed E-state index contributed by atoms with van der Waals surface area (Å²) in [4.78, 5) is 12.2. The number of piperazine rings is 1. The molecule has 2 aromatic heterocycles. The molecule has 118 valence electrons. The van der Waals surface area contributed by atoms with E-state index in [2.05, 4.69) is 52.3 Å². The monoisotopic (exact) mass is 316 g/mol. The van der Waals surface area contributed by atoms with Crippen LogP contribution in [0.25, 0.3) is 0 Å². The molecule has 1 fully saturated rings. The molecule has 0 spiro atoms. The van der Waals surface area contributed by atoms with Gasteiger partial charge in [-0.05, 0) is 32.2 Å². The van der Waals surface area contributed by atoms with Crippen molar-refractivity contribution >= 4 is 17.2 Å². The van der Waals surface area contributed by atoms with Crippen molar-refractivity contribution in [1.82, 2.24) is 15.2 Å². The molecule has 1 saturated heterocycles. The molecule has 3 heterocycles. The number of hydrogen-bond acceptors (Lipinski definition) is 5. The van der Waals surface area contributed by atoms with Crippen LogP contribution in [0.5, 0.6) is 0 Å². The van der Waals surface area contributed by atoms with Crippen LogP contribution in [0.1, 0.15) is 15.3 Å². The molecular formula is C17H24N4S. The Labute approximate surface area is 136 Å². The predicted octanol–water partition coefficient (Wildman–Crippen LogP) is 2.49. The van der Waals surface area contributed by atoms with Gasteiger partial charge < -0.3 is 15.1 Å². The molecule has 0 saturated carbocycles. The van der Waals surface area contributed by atoms with Gasteiger partial charge in [-0.1, -0.05) is 6.07 Å². The molecule has 4 nitrogen and oxygen atoms in total. The fourth-order valence-corrected chi connectivity index (χ4v) is 3.63. The van der Waals surface area contributed by atoms with Crippen LogP contribution in [0.15, 0.2) is 30.5 Å². The highest BCUT2D eigenvalue weighted by Gasteiger charge is 2.17. The van der Waals surface area contributed by atoms with Crippen LogP contribution in [0.2, 0.25) is 0 Å². The van der Waals surface area contributed by atoms with E-state index >= 15 is 0 Å². The molecule has 22 heavy (non-hydrogen) atoms. The molecule has 1 aliphatic rings. The minimum atomic E-state index is 0.868. The lowest BCUT2D eigenvalue weighted by atomic mass is 10.2. The maximum atomic E-state index is 4.63. The smallest absolute Gasteiger partial charge is 0.133 e. The van der Waals surface area contributed by atoms with Crippen molar-refractivity contribution in [2.45, 2.75) is 20.0 Å². The number of hydrogen-bond donors (Lipinski definition) is 1. The topological polar surface area (TPSA) is 31.4 Å². The largest absolute Gasteiger partial charge is 0.354 e. The number of thiophene rings is 1. The first-order valence-electron chi connectivity index (χ1n) is 7.86. The molecule has 1 aliphatic heterocycles. The van der Waals surface area contributed by atoms with E-state index < -0.39 is 0 Å². The maximum absolute atomic E-state index is 4.63. The predicted molar refractivity (Wildman–Crippen MR) is 93.5 cm³/mol. The van der Waals surface area contributed by atoms with E-state index in [0.29, 0.717) is 0 Å². The molecule has 0 bridgehead atoms. The summed E-state index contributed by atoms with van der Waals surface area (Å²) in [7, 11) is 2.18. The lowest BCUT2D eigenvalue weighted by molar-refractivity contribution is 0.311. The van der Waals surface area contributed by atoms with E-state index in [1.807, 2.05) is 23.6 Å². The number of anilines is 1. The molecule has 5 heteroatoms. The molecule has 0 amide bonds. The van der Waals surface area contributed by atoms with Crippen molar-refractivity contribution in [3.8, 4) is 0 Å². The standard InChI is InChI=1S/C17H24N4S/c1-14-5-6-16(22-14)13-18-12-15-4-3-7-19-17(15)21-10-8-20(2)9-11-21/h3-7,18H,8-13H2,1-2H3. The highest BCUT2D eigenvalue weighted by atomic mass is 32.1. The second-order valence-electron chi connectivity index (χ2n) is 5.89. The van der Waals surface area contributed by atoms with Gasteiger partial charge in [-0.15, -0.1) is 11.3 Å². The zero-order chi connectivity index (χ0) is 15.4. The van der Waals surface area contributed by atoms with Crippen LogP contribution in [0, 0.1) is 6.92 Å². The minimum Gasteiger partial charge on any atom is -0.354 e. The van der Waals surface area contributed by atoms with E-state index in [-0.39, 0.29) is 0 Å². The van der Waals surface area contributed by atoms with Crippen LogP contribution in [-0.2, 0) is 13.1 Å². The van der Waals surface area contributed by atoms with Gasteiger partial charge in [0.15, 0.2) is 0 Å². The Morgan fingerprint density at radius 2 is 1.95 bits per heavy atom. The van der Waals surface area contributed by atoms with Crippen molar-refractivity contribution in [3.05, 3.63) is 45.8 Å². The quantitative estimate of drug-likeness (QED) is 0.918.